The average Bonchev–Trinajstić information content (AvgIpc) is 2.74. The van der Waals surface area contributed by atoms with Crippen molar-refractivity contribution in [3.8, 4) is 5.75 Å². The van der Waals surface area contributed by atoms with E-state index in [1.165, 1.54) is 12.6 Å². The van der Waals surface area contributed by atoms with Crippen molar-refractivity contribution in [3.63, 3.8) is 0 Å². The lowest BCUT2D eigenvalue weighted by Gasteiger charge is -2.35. The third kappa shape index (κ3) is 4.65. The summed E-state index contributed by atoms with van der Waals surface area (Å²) in [6.07, 6.45) is 2.76. The number of piperazine rings is 1. The highest BCUT2D eigenvalue weighted by molar-refractivity contribution is 7.90. The first-order valence-corrected chi connectivity index (χ1v) is 11.5. The molecule has 2 aromatic carbocycles. The third-order valence-electron chi connectivity index (χ3n) is 5.11. The van der Waals surface area contributed by atoms with Gasteiger partial charge in [0, 0.05) is 44.4 Å². The molecular formula is C21H24N4O3S. The van der Waals surface area contributed by atoms with Crippen LogP contribution in [0.5, 0.6) is 5.75 Å². The van der Waals surface area contributed by atoms with E-state index in [9.17, 15) is 8.42 Å². The van der Waals surface area contributed by atoms with E-state index in [0.717, 1.165) is 55.2 Å². The van der Waals surface area contributed by atoms with Gasteiger partial charge in [0.1, 0.15) is 24.5 Å². The maximum absolute atomic E-state index is 11.9. The van der Waals surface area contributed by atoms with E-state index < -0.39 is 9.84 Å². The molecule has 2 heterocycles. The van der Waals surface area contributed by atoms with Gasteiger partial charge >= 0.3 is 0 Å². The second kappa shape index (κ2) is 8.34. The van der Waals surface area contributed by atoms with Crippen LogP contribution in [0.15, 0.2) is 59.8 Å². The van der Waals surface area contributed by atoms with Crippen LogP contribution in [-0.2, 0) is 9.84 Å². The predicted molar refractivity (Wildman–Crippen MR) is 113 cm³/mol. The highest BCUT2D eigenvalue weighted by Gasteiger charge is 2.20. The minimum Gasteiger partial charge on any atom is -0.492 e. The number of sulfone groups is 1. The molecule has 8 heteroatoms. The maximum Gasteiger partial charge on any atom is 0.175 e. The Hall–Kier alpha value is -2.71. The summed E-state index contributed by atoms with van der Waals surface area (Å²) in [5, 5.41) is 0.774. The van der Waals surface area contributed by atoms with E-state index in [1.54, 1.807) is 18.2 Å². The predicted octanol–water partition coefficient (Wildman–Crippen LogP) is 2.23. The number of para-hydroxylation sites is 1. The van der Waals surface area contributed by atoms with E-state index in [2.05, 4.69) is 19.8 Å². The molecule has 0 bridgehead atoms. The van der Waals surface area contributed by atoms with Crippen LogP contribution in [0.2, 0.25) is 0 Å². The van der Waals surface area contributed by atoms with Gasteiger partial charge in [0.05, 0.1) is 10.4 Å². The lowest BCUT2D eigenvalue weighted by atomic mass is 10.2. The van der Waals surface area contributed by atoms with Crippen LogP contribution < -0.4 is 9.64 Å². The first kappa shape index (κ1) is 19.6. The van der Waals surface area contributed by atoms with Crippen molar-refractivity contribution in [2.24, 2.45) is 0 Å². The summed E-state index contributed by atoms with van der Waals surface area (Å²) in [4.78, 5) is 13.6. The number of nitrogens with zero attached hydrogens (tertiary/aromatic N) is 4. The van der Waals surface area contributed by atoms with Gasteiger partial charge in [-0.15, -0.1) is 0 Å². The fourth-order valence-electron chi connectivity index (χ4n) is 3.50. The van der Waals surface area contributed by atoms with Gasteiger partial charge in [-0.3, -0.25) is 4.90 Å². The van der Waals surface area contributed by atoms with Crippen LogP contribution >= 0.6 is 0 Å². The van der Waals surface area contributed by atoms with Gasteiger partial charge in [-0.1, -0.05) is 18.2 Å². The molecule has 0 aliphatic carbocycles. The summed E-state index contributed by atoms with van der Waals surface area (Å²) in [6.45, 7) is 4.95. The molecule has 0 N–H and O–H groups in total. The van der Waals surface area contributed by atoms with Gasteiger partial charge < -0.3 is 9.64 Å². The Bertz CT molecular complexity index is 1080. The number of benzene rings is 2. The lowest BCUT2D eigenvalue weighted by molar-refractivity contribution is 0.200. The Morgan fingerprint density at radius 2 is 1.76 bits per heavy atom. The van der Waals surface area contributed by atoms with Gasteiger partial charge in [-0.2, -0.15) is 0 Å². The smallest absolute Gasteiger partial charge is 0.175 e. The van der Waals surface area contributed by atoms with E-state index in [4.69, 9.17) is 4.74 Å². The lowest BCUT2D eigenvalue weighted by Crippen LogP contribution is -2.47. The number of hydrogen-bond acceptors (Lipinski definition) is 7. The van der Waals surface area contributed by atoms with Crippen LogP contribution in [0, 0.1) is 0 Å². The summed E-state index contributed by atoms with van der Waals surface area (Å²) in [5.41, 5.74) is 0.751. The van der Waals surface area contributed by atoms with Crippen LogP contribution in [0.1, 0.15) is 0 Å². The van der Waals surface area contributed by atoms with Crippen molar-refractivity contribution in [3.05, 3.63) is 54.9 Å². The Morgan fingerprint density at radius 1 is 1.00 bits per heavy atom. The molecule has 1 aliphatic heterocycles. The zero-order valence-corrected chi connectivity index (χ0v) is 17.2. The summed E-state index contributed by atoms with van der Waals surface area (Å²) >= 11 is 0. The number of aromatic nitrogens is 2. The van der Waals surface area contributed by atoms with E-state index in [0.29, 0.717) is 6.61 Å². The molecule has 3 aromatic rings. The molecule has 29 heavy (non-hydrogen) atoms. The molecule has 0 radical (unpaired) electrons. The molecule has 152 valence electrons. The molecule has 7 nitrogen and oxygen atoms in total. The molecule has 4 rings (SSSR count). The topological polar surface area (TPSA) is 75.6 Å². The Balaban J connectivity index is 1.41. The van der Waals surface area contributed by atoms with E-state index >= 15 is 0 Å². The maximum atomic E-state index is 11.9. The largest absolute Gasteiger partial charge is 0.492 e. The molecule has 0 saturated carbocycles. The van der Waals surface area contributed by atoms with Crippen molar-refractivity contribution in [1.82, 2.24) is 14.9 Å². The van der Waals surface area contributed by atoms with Gasteiger partial charge in [-0.05, 0) is 30.3 Å². The van der Waals surface area contributed by atoms with Gasteiger partial charge in [0.15, 0.2) is 9.84 Å². The zero-order chi connectivity index (χ0) is 20.3. The molecule has 0 atom stereocenters. The molecule has 0 unspecified atom stereocenters. The molecular weight excluding hydrogens is 388 g/mol. The number of rotatable bonds is 6. The van der Waals surface area contributed by atoms with Crippen molar-refractivity contribution in [2.45, 2.75) is 4.90 Å². The molecule has 0 amide bonds. The first-order chi connectivity index (χ1) is 14.0. The molecule has 1 aromatic heterocycles. The third-order valence-corrected chi connectivity index (χ3v) is 6.22. The van der Waals surface area contributed by atoms with Crippen LogP contribution in [0.3, 0.4) is 0 Å². The molecule has 0 spiro atoms. The second-order valence-corrected chi connectivity index (χ2v) is 9.15. The second-order valence-electron chi connectivity index (χ2n) is 7.14. The highest BCUT2D eigenvalue weighted by atomic mass is 32.2. The van der Waals surface area contributed by atoms with E-state index in [1.807, 2.05) is 30.3 Å². The number of fused-ring (bicyclic) bond motifs is 1. The SMILES string of the molecule is CS(=O)(=O)c1ccc2ncnc(N3CCN(CCOc4ccccc4)CC3)c2c1. The van der Waals surface area contributed by atoms with Crippen molar-refractivity contribution >= 4 is 26.6 Å². The van der Waals surface area contributed by atoms with Crippen LogP contribution in [0.4, 0.5) is 5.82 Å². The van der Waals surface area contributed by atoms with Gasteiger partial charge in [0.25, 0.3) is 0 Å². The Labute approximate surface area is 170 Å². The van der Waals surface area contributed by atoms with E-state index in [-0.39, 0.29) is 4.90 Å². The minimum atomic E-state index is -3.28. The fourth-order valence-corrected chi connectivity index (χ4v) is 4.14. The van der Waals surface area contributed by atoms with Crippen molar-refractivity contribution < 1.29 is 13.2 Å². The quantitative estimate of drug-likeness (QED) is 0.615. The normalized spacial score (nSPS) is 15.6. The number of ether oxygens (including phenoxy) is 1. The fraction of sp³-hybridized carbons (Fsp3) is 0.333. The number of anilines is 1. The van der Waals surface area contributed by atoms with Crippen molar-refractivity contribution in [2.75, 3.05) is 50.5 Å². The summed E-state index contributed by atoms with van der Waals surface area (Å²) in [7, 11) is -3.28. The van der Waals surface area contributed by atoms with Gasteiger partial charge in [-0.25, -0.2) is 18.4 Å². The van der Waals surface area contributed by atoms with Gasteiger partial charge in [0.2, 0.25) is 0 Å². The van der Waals surface area contributed by atoms with Crippen LogP contribution in [0.25, 0.3) is 10.9 Å². The molecule has 1 fully saturated rings. The van der Waals surface area contributed by atoms with Crippen LogP contribution in [-0.4, -0.2) is 68.9 Å². The number of hydrogen-bond donors (Lipinski definition) is 0. The monoisotopic (exact) mass is 412 g/mol. The first-order valence-electron chi connectivity index (χ1n) is 9.61. The highest BCUT2D eigenvalue weighted by Crippen LogP contribution is 2.26. The molecule has 1 aliphatic rings. The summed E-state index contributed by atoms with van der Waals surface area (Å²) in [6, 6.07) is 14.9. The van der Waals surface area contributed by atoms with Crippen molar-refractivity contribution in [1.29, 1.82) is 0 Å². The Kier molecular flexibility index (Phi) is 5.64. The zero-order valence-electron chi connectivity index (χ0n) is 16.4. The summed E-state index contributed by atoms with van der Waals surface area (Å²) < 4.78 is 29.7. The Morgan fingerprint density at radius 3 is 2.48 bits per heavy atom. The summed E-state index contributed by atoms with van der Waals surface area (Å²) in [5.74, 6) is 1.68. The average molecular weight is 413 g/mol. The molecule has 1 saturated heterocycles. The standard InChI is InChI=1S/C21H24N4O3S/c1-29(26,27)18-7-8-20-19(15-18)21(23-16-22-20)25-11-9-24(10-12-25)13-14-28-17-5-3-2-4-6-17/h2-8,15-16H,9-14H2,1H3. The minimum absolute atomic E-state index is 0.290.